The maximum Gasteiger partial charge on any atom is 0.147 e. The highest BCUT2D eigenvalue weighted by molar-refractivity contribution is 5.35. The summed E-state index contributed by atoms with van der Waals surface area (Å²) in [5.41, 5.74) is 2.33. The second kappa shape index (κ2) is 4.93. The summed E-state index contributed by atoms with van der Waals surface area (Å²) in [6.07, 6.45) is 2.69. The number of nitrogens with zero attached hydrogens (tertiary/aromatic N) is 4. The number of aromatic nitrogens is 3. The van der Waals surface area contributed by atoms with E-state index >= 15 is 0 Å². The van der Waals surface area contributed by atoms with Gasteiger partial charge in [-0.2, -0.15) is 0 Å². The predicted octanol–water partition coefficient (Wildman–Crippen LogP) is 1.31. The van der Waals surface area contributed by atoms with Crippen molar-refractivity contribution in [1.29, 1.82) is 0 Å². The Labute approximate surface area is 124 Å². The van der Waals surface area contributed by atoms with Gasteiger partial charge in [0.15, 0.2) is 0 Å². The molecule has 0 saturated heterocycles. The summed E-state index contributed by atoms with van der Waals surface area (Å²) in [7, 11) is 2.07. The molecule has 110 valence electrons. The van der Waals surface area contributed by atoms with Crippen molar-refractivity contribution in [3.05, 3.63) is 47.0 Å². The molecule has 1 aromatic heterocycles. The van der Waals surface area contributed by atoms with E-state index in [0.29, 0.717) is 0 Å². The molecule has 2 heterocycles. The molecule has 1 aromatic carbocycles. The van der Waals surface area contributed by atoms with E-state index in [-0.39, 0.29) is 6.04 Å². The summed E-state index contributed by atoms with van der Waals surface area (Å²) in [4.78, 5) is 2.21. The van der Waals surface area contributed by atoms with Crippen LogP contribution in [0.1, 0.15) is 35.3 Å². The summed E-state index contributed by atoms with van der Waals surface area (Å²) in [5.74, 6) is 2.13. The molecule has 0 radical (unpaired) electrons. The summed E-state index contributed by atoms with van der Waals surface area (Å²) in [6.45, 7) is 1.77. The lowest BCUT2D eigenvalue weighted by Crippen LogP contribution is -2.35. The molecule has 0 amide bonds. The van der Waals surface area contributed by atoms with Gasteiger partial charge in [-0.05, 0) is 31.0 Å². The standard InChI is InChI=1S/C16H20N4O/c1-19(10-15-18-17-14-7-4-8-20(14)15)13-9-11-5-2-3-6-12(11)16(13)21/h2-3,5-6,13,16,21H,4,7-10H2,1H3/t13-,16+/m0/s1. The smallest absolute Gasteiger partial charge is 0.147 e. The Morgan fingerprint density at radius 1 is 1.33 bits per heavy atom. The summed E-state index contributed by atoms with van der Waals surface area (Å²) < 4.78 is 2.23. The number of fused-ring (bicyclic) bond motifs is 2. The average molecular weight is 284 g/mol. The summed E-state index contributed by atoms with van der Waals surface area (Å²) >= 11 is 0. The van der Waals surface area contributed by atoms with E-state index in [2.05, 4.69) is 32.8 Å². The SMILES string of the molecule is CN(Cc1nnc2n1CCC2)[C@H]1Cc2ccccc2[C@H]1O. The van der Waals surface area contributed by atoms with Gasteiger partial charge in [0.2, 0.25) is 0 Å². The third-order valence-corrected chi connectivity index (χ3v) is 4.81. The number of aliphatic hydroxyl groups is 1. The third kappa shape index (κ3) is 2.08. The summed E-state index contributed by atoms with van der Waals surface area (Å²) in [6, 6.07) is 8.30. The molecule has 2 aliphatic rings. The fraction of sp³-hybridized carbons (Fsp3) is 0.500. The first-order valence-corrected chi connectivity index (χ1v) is 7.61. The molecule has 0 fully saturated rings. The number of benzene rings is 1. The van der Waals surface area contributed by atoms with E-state index < -0.39 is 6.10 Å². The molecule has 1 aliphatic carbocycles. The number of aryl methyl sites for hydroxylation is 1. The Hall–Kier alpha value is -1.72. The number of aliphatic hydroxyl groups excluding tert-OH is 1. The fourth-order valence-electron chi connectivity index (χ4n) is 3.62. The van der Waals surface area contributed by atoms with Gasteiger partial charge in [-0.25, -0.2) is 0 Å². The Morgan fingerprint density at radius 2 is 2.19 bits per heavy atom. The lowest BCUT2D eigenvalue weighted by molar-refractivity contribution is 0.0702. The normalized spacial score (nSPS) is 23.6. The van der Waals surface area contributed by atoms with Gasteiger partial charge in [0.1, 0.15) is 11.6 Å². The fourth-order valence-corrected chi connectivity index (χ4v) is 3.62. The molecule has 0 unspecified atom stereocenters. The maximum absolute atomic E-state index is 10.5. The highest BCUT2D eigenvalue weighted by atomic mass is 16.3. The molecule has 1 N–H and O–H groups in total. The van der Waals surface area contributed by atoms with Crippen molar-refractivity contribution in [3.63, 3.8) is 0 Å². The predicted molar refractivity (Wildman–Crippen MR) is 78.7 cm³/mol. The Bertz CT molecular complexity index is 666. The van der Waals surface area contributed by atoms with Crippen molar-refractivity contribution < 1.29 is 5.11 Å². The van der Waals surface area contributed by atoms with Gasteiger partial charge >= 0.3 is 0 Å². The molecule has 0 spiro atoms. The van der Waals surface area contributed by atoms with Crippen LogP contribution >= 0.6 is 0 Å². The van der Waals surface area contributed by atoms with Crippen molar-refractivity contribution in [1.82, 2.24) is 19.7 Å². The van der Waals surface area contributed by atoms with Crippen molar-refractivity contribution in [2.75, 3.05) is 7.05 Å². The zero-order valence-corrected chi connectivity index (χ0v) is 12.2. The molecule has 0 saturated carbocycles. The molecular formula is C16H20N4O. The van der Waals surface area contributed by atoms with Crippen LogP contribution in [0.2, 0.25) is 0 Å². The van der Waals surface area contributed by atoms with Gasteiger partial charge in [-0.3, -0.25) is 4.90 Å². The second-order valence-corrected chi connectivity index (χ2v) is 6.12. The van der Waals surface area contributed by atoms with E-state index in [0.717, 1.165) is 43.1 Å². The van der Waals surface area contributed by atoms with Crippen LogP contribution in [0.25, 0.3) is 0 Å². The average Bonchev–Trinajstić information content (AvgIpc) is 3.16. The number of hydrogen-bond donors (Lipinski definition) is 1. The van der Waals surface area contributed by atoms with Gasteiger partial charge in [0.25, 0.3) is 0 Å². The van der Waals surface area contributed by atoms with Gasteiger partial charge in [-0.1, -0.05) is 24.3 Å². The monoisotopic (exact) mass is 284 g/mol. The molecule has 5 nitrogen and oxygen atoms in total. The largest absolute Gasteiger partial charge is 0.387 e. The topological polar surface area (TPSA) is 54.2 Å². The first-order valence-electron chi connectivity index (χ1n) is 7.61. The van der Waals surface area contributed by atoms with Gasteiger partial charge in [0.05, 0.1) is 12.6 Å². The number of rotatable bonds is 3. The van der Waals surface area contributed by atoms with Crippen LogP contribution in [-0.2, 0) is 25.9 Å². The van der Waals surface area contributed by atoms with E-state index in [1.54, 1.807) is 0 Å². The minimum atomic E-state index is -0.410. The third-order valence-electron chi connectivity index (χ3n) is 4.81. The zero-order valence-electron chi connectivity index (χ0n) is 12.2. The van der Waals surface area contributed by atoms with E-state index in [1.165, 1.54) is 12.0 Å². The van der Waals surface area contributed by atoms with E-state index in [1.807, 2.05) is 18.2 Å². The molecule has 1 aliphatic heterocycles. The second-order valence-electron chi connectivity index (χ2n) is 6.12. The van der Waals surface area contributed by atoms with Crippen molar-refractivity contribution in [2.24, 2.45) is 0 Å². The summed E-state index contributed by atoms with van der Waals surface area (Å²) in [5, 5.41) is 19.1. The first-order chi connectivity index (χ1) is 10.2. The lowest BCUT2D eigenvalue weighted by atomic mass is 10.1. The van der Waals surface area contributed by atoms with Gasteiger partial charge < -0.3 is 9.67 Å². The van der Waals surface area contributed by atoms with Crippen LogP contribution < -0.4 is 0 Å². The van der Waals surface area contributed by atoms with Crippen LogP contribution in [-0.4, -0.2) is 37.9 Å². The van der Waals surface area contributed by atoms with Crippen LogP contribution in [0.4, 0.5) is 0 Å². The minimum Gasteiger partial charge on any atom is -0.387 e. The molecule has 2 aromatic rings. The Morgan fingerprint density at radius 3 is 3.05 bits per heavy atom. The lowest BCUT2D eigenvalue weighted by Gasteiger charge is -2.26. The van der Waals surface area contributed by atoms with E-state index in [9.17, 15) is 5.11 Å². The Kier molecular flexibility index (Phi) is 3.05. The zero-order chi connectivity index (χ0) is 14.4. The van der Waals surface area contributed by atoms with E-state index in [4.69, 9.17) is 0 Å². The number of likely N-dealkylation sites (N-methyl/N-ethyl adjacent to an activating group) is 1. The minimum absolute atomic E-state index is 0.122. The van der Waals surface area contributed by atoms with Crippen LogP contribution in [0.15, 0.2) is 24.3 Å². The van der Waals surface area contributed by atoms with Crippen molar-refractivity contribution in [3.8, 4) is 0 Å². The van der Waals surface area contributed by atoms with Crippen molar-refractivity contribution in [2.45, 2.75) is 44.5 Å². The van der Waals surface area contributed by atoms with Gasteiger partial charge in [0, 0.05) is 19.0 Å². The molecular weight excluding hydrogens is 264 g/mol. The number of hydrogen-bond acceptors (Lipinski definition) is 4. The van der Waals surface area contributed by atoms with Crippen LogP contribution in [0.5, 0.6) is 0 Å². The molecule has 0 bridgehead atoms. The molecule has 21 heavy (non-hydrogen) atoms. The maximum atomic E-state index is 10.5. The van der Waals surface area contributed by atoms with Crippen LogP contribution in [0, 0.1) is 0 Å². The quantitative estimate of drug-likeness (QED) is 0.923. The van der Waals surface area contributed by atoms with Gasteiger partial charge in [-0.15, -0.1) is 10.2 Å². The van der Waals surface area contributed by atoms with Crippen molar-refractivity contribution >= 4 is 0 Å². The molecule has 5 heteroatoms. The first kappa shape index (κ1) is 13.0. The highest BCUT2D eigenvalue weighted by Crippen LogP contribution is 2.34. The Balaban J connectivity index is 1.52. The molecule has 4 rings (SSSR count). The highest BCUT2D eigenvalue weighted by Gasteiger charge is 2.34. The molecule has 2 atom stereocenters. The van der Waals surface area contributed by atoms with Crippen LogP contribution in [0.3, 0.4) is 0 Å².